The monoisotopic (exact) mass is 493 g/mol. The Morgan fingerprint density at radius 2 is 1.91 bits per heavy atom. The Bertz CT molecular complexity index is 870. The number of thioether (sulfide) groups is 1. The van der Waals surface area contributed by atoms with Gasteiger partial charge in [-0.15, -0.1) is 0 Å². The minimum absolute atomic E-state index is 0.0887. The van der Waals surface area contributed by atoms with Crippen LogP contribution in [-0.2, 0) is 9.59 Å². The molecule has 7 atom stereocenters. The Labute approximate surface area is 207 Å². The van der Waals surface area contributed by atoms with Crippen LogP contribution < -0.4 is 0 Å². The molecule has 0 aromatic carbocycles. The van der Waals surface area contributed by atoms with Crippen molar-refractivity contribution in [3.8, 4) is 0 Å². The molecule has 3 fully saturated rings. The first-order chi connectivity index (χ1) is 15.5. The summed E-state index contributed by atoms with van der Waals surface area (Å²) in [5.41, 5.74) is -1.01. The Hall–Kier alpha value is -0.760. The molecule has 184 valence electrons. The second-order valence-corrected chi connectivity index (χ2v) is 12.7. The van der Waals surface area contributed by atoms with Gasteiger partial charge in [-0.3, -0.25) is 9.59 Å². The van der Waals surface area contributed by atoms with Crippen molar-refractivity contribution in [2.24, 2.45) is 28.6 Å². The molecule has 5 nitrogen and oxygen atoms in total. The van der Waals surface area contributed by atoms with Gasteiger partial charge >= 0.3 is 0 Å². The summed E-state index contributed by atoms with van der Waals surface area (Å²) >= 11 is 6.85. The van der Waals surface area contributed by atoms with Gasteiger partial charge in [0.1, 0.15) is 9.92 Å². The number of aliphatic hydroxyl groups is 2. The highest BCUT2D eigenvalue weighted by atomic mass is 32.2. The van der Waals surface area contributed by atoms with Gasteiger partial charge in [0.2, 0.25) is 0 Å². The lowest BCUT2D eigenvalue weighted by Gasteiger charge is -2.60. The average Bonchev–Trinajstić information content (AvgIpc) is 3.04. The van der Waals surface area contributed by atoms with E-state index in [1.54, 1.807) is 0 Å². The van der Waals surface area contributed by atoms with Gasteiger partial charge in [0.15, 0.2) is 11.6 Å². The van der Waals surface area contributed by atoms with Gasteiger partial charge in [0, 0.05) is 24.9 Å². The third-order valence-electron chi connectivity index (χ3n) is 9.86. The van der Waals surface area contributed by atoms with Crippen LogP contribution in [0.2, 0.25) is 0 Å². The molecular weight excluding hydrogens is 454 g/mol. The largest absolute Gasteiger partial charge is 0.393 e. The fourth-order valence-electron chi connectivity index (χ4n) is 7.97. The van der Waals surface area contributed by atoms with E-state index in [0.717, 1.165) is 38.8 Å². The summed E-state index contributed by atoms with van der Waals surface area (Å²) in [4.78, 5) is 27.6. The lowest BCUT2D eigenvalue weighted by atomic mass is 9.45. The fraction of sp³-hybridized carbons (Fsp3) is 0.808. The smallest absolute Gasteiger partial charge is 0.175 e. The van der Waals surface area contributed by atoms with E-state index in [-0.39, 0.29) is 40.5 Å². The van der Waals surface area contributed by atoms with Crippen molar-refractivity contribution >= 4 is 39.9 Å². The number of hydrogen-bond donors (Lipinski definition) is 2. The van der Waals surface area contributed by atoms with E-state index in [0.29, 0.717) is 23.6 Å². The lowest BCUT2D eigenvalue weighted by molar-refractivity contribution is -0.178. The highest BCUT2D eigenvalue weighted by Crippen LogP contribution is 2.67. The van der Waals surface area contributed by atoms with Crippen molar-refractivity contribution in [3.63, 3.8) is 0 Å². The number of rotatable bonds is 5. The molecule has 0 aliphatic heterocycles. The molecule has 0 radical (unpaired) electrons. The van der Waals surface area contributed by atoms with Crippen molar-refractivity contribution in [3.05, 3.63) is 11.6 Å². The number of ketones is 2. The van der Waals surface area contributed by atoms with Gasteiger partial charge in [0.25, 0.3) is 0 Å². The number of aliphatic hydroxyl groups excluding tert-OH is 1. The summed E-state index contributed by atoms with van der Waals surface area (Å²) in [6.45, 7) is 9.95. The molecule has 7 heteroatoms. The highest BCUT2D eigenvalue weighted by Gasteiger charge is 2.68. The Morgan fingerprint density at radius 1 is 1.21 bits per heavy atom. The van der Waals surface area contributed by atoms with Crippen LogP contribution in [0, 0.1) is 28.6 Å². The number of fused-ring (bicyclic) bond motifs is 5. The second kappa shape index (κ2) is 9.03. The average molecular weight is 494 g/mol. The molecule has 2 N–H and O–H groups in total. The second-order valence-electron chi connectivity index (χ2n) is 11.1. The van der Waals surface area contributed by atoms with Gasteiger partial charge in [0.05, 0.1) is 11.9 Å². The summed E-state index contributed by atoms with van der Waals surface area (Å²) < 4.78 is 0.701. The molecule has 0 aromatic heterocycles. The van der Waals surface area contributed by atoms with Crippen LogP contribution in [0.4, 0.5) is 0 Å². The van der Waals surface area contributed by atoms with Crippen molar-refractivity contribution in [2.45, 2.75) is 84.3 Å². The van der Waals surface area contributed by atoms with Gasteiger partial charge in [-0.1, -0.05) is 43.4 Å². The topological polar surface area (TPSA) is 77.8 Å². The summed E-state index contributed by atoms with van der Waals surface area (Å²) in [5, 5.41) is 23.3. The third kappa shape index (κ3) is 3.85. The molecule has 0 spiro atoms. The molecule has 3 saturated carbocycles. The number of Topliss-reactive ketones (excluding diaryl/α,β-unsaturated/α-hetero) is 1. The zero-order valence-corrected chi connectivity index (χ0v) is 22.1. The number of thiocarbonyl (C=S) groups is 1. The summed E-state index contributed by atoms with van der Waals surface area (Å²) in [7, 11) is 0. The zero-order chi connectivity index (χ0) is 24.2. The van der Waals surface area contributed by atoms with Crippen LogP contribution >= 0.6 is 24.0 Å². The first kappa shape index (κ1) is 25.3. The Kier molecular flexibility index (Phi) is 6.93. The van der Waals surface area contributed by atoms with E-state index in [4.69, 9.17) is 12.2 Å². The maximum atomic E-state index is 13.4. The van der Waals surface area contributed by atoms with Crippen LogP contribution in [0.15, 0.2) is 11.6 Å². The predicted octanol–water partition coefficient (Wildman–Crippen LogP) is 4.15. The van der Waals surface area contributed by atoms with E-state index >= 15 is 0 Å². The van der Waals surface area contributed by atoms with Crippen LogP contribution in [0.5, 0.6) is 0 Å². The number of nitrogens with zero attached hydrogens (tertiary/aromatic N) is 1. The number of carbonyl (C=O) groups is 2. The molecule has 0 amide bonds. The molecular formula is C26H39NO4S2. The minimum atomic E-state index is -1.42. The molecule has 4 aliphatic rings. The van der Waals surface area contributed by atoms with Gasteiger partial charge in [-0.05, 0) is 81.6 Å². The molecule has 0 saturated heterocycles. The molecule has 0 bridgehead atoms. The molecule has 0 heterocycles. The molecule has 4 aliphatic carbocycles. The summed E-state index contributed by atoms with van der Waals surface area (Å²) in [6.07, 6.45) is 6.09. The summed E-state index contributed by atoms with van der Waals surface area (Å²) in [5.74, 6) is 0.785. The minimum Gasteiger partial charge on any atom is -0.393 e. The zero-order valence-electron chi connectivity index (χ0n) is 20.4. The third-order valence-corrected chi connectivity index (χ3v) is 11.4. The van der Waals surface area contributed by atoms with Crippen molar-refractivity contribution in [1.29, 1.82) is 0 Å². The van der Waals surface area contributed by atoms with Crippen LogP contribution in [0.1, 0.15) is 72.6 Å². The van der Waals surface area contributed by atoms with Crippen molar-refractivity contribution in [2.75, 3.05) is 18.8 Å². The SMILES string of the molecule is CCN(CC)C(=S)SCC(=O)[C@@]1(O)CC[C@H]2[C@@H]3CCC4=CC(=O)CC[C@]4(C)[C@H]3[C@@H](O)C[C@@]21C. The van der Waals surface area contributed by atoms with Crippen LogP contribution in [0.3, 0.4) is 0 Å². The van der Waals surface area contributed by atoms with E-state index in [2.05, 4.69) is 6.92 Å². The first-order valence-electron chi connectivity index (χ1n) is 12.6. The number of hydrogen-bond acceptors (Lipinski definition) is 6. The Balaban J connectivity index is 1.56. The fourth-order valence-corrected chi connectivity index (χ4v) is 9.34. The summed E-state index contributed by atoms with van der Waals surface area (Å²) in [6, 6.07) is 0. The normalized spacial score (nSPS) is 42.1. The van der Waals surface area contributed by atoms with E-state index in [1.165, 1.54) is 17.3 Å². The highest BCUT2D eigenvalue weighted by molar-refractivity contribution is 8.23. The van der Waals surface area contributed by atoms with Crippen LogP contribution in [-0.4, -0.2) is 61.5 Å². The number of allylic oxidation sites excluding steroid dienone is 1. The number of carbonyl (C=O) groups excluding carboxylic acids is 2. The lowest BCUT2D eigenvalue weighted by Crippen LogP contribution is -2.62. The van der Waals surface area contributed by atoms with Gasteiger partial charge < -0.3 is 15.1 Å². The Morgan fingerprint density at radius 3 is 2.58 bits per heavy atom. The maximum Gasteiger partial charge on any atom is 0.175 e. The first-order valence-corrected chi connectivity index (χ1v) is 14.0. The maximum absolute atomic E-state index is 13.4. The standard InChI is InChI=1S/C26H39NO4S2/c1-5-27(6-2)23(32)33-15-21(30)26(31)12-10-19-18-8-7-16-13-17(28)9-11-24(16,3)22(18)20(29)14-25(19,26)4/h13,18-20,22,29,31H,5-12,14-15H2,1-4H3/t18-,19-,20-,22+,24-,25-,26-/m0/s1. The molecule has 0 unspecified atom stereocenters. The van der Waals surface area contributed by atoms with E-state index < -0.39 is 17.1 Å². The van der Waals surface area contributed by atoms with Gasteiger partial charge in [-0.25, -0.2) is 0 Å². The van der Waals surface area contributed by atoms with Crippen molar-refractivity contribution < 1.29 is 19.8 Å². The van der Waals surface area contributed by atoms with E-state index in [9.17, 15) is 19.8 Å². The van der Waals surface area contributed by atoms with Crippen LogP contribution in [0.25, 0.3) is 0 Å². The molecule has 4 rings (SSSR count). The van der Waals surface area contributed by atoms with Gasteiger partial charge in [-0.2, -0.15) is 0 Å². The van der Waals surface area contributed by atoms with E-state index in [1.807, 2.05) is 31.7 Å². The molecule has 0 aromatic rings. The predicted molar refractivity (Wildman–Crippen MR) is 136 cm³/mol. The van der Waals surface area contributed by atoms with Crippen molar-refractivity contribution in [1.82, 2.24) is 4.90 Å². The quantitative estimate of drug-likeness (QED) is 0.557. The molecule has 33 heavy (non-hydrogen) atoms.